The maximum Gasteiger partial charge on any atom is 0.163 e. The van der Waals surface area contributed by atoms with Crippen LogP contribution in [0, 0.1) is 0 Å². The number of ether oxygens (including phenoxy) is 2. The summed E-state index contributed by atoms with van der Waals surface area (Å²) in [6.45, 7) is 4.66. The van der Waals surface area contributed by atoms with Gasteiger partial charge < -0.3 is 9.47 Å². The number of benzene rings is 1. The fraction of sp³-hybridized carbons (Fsp3) is 0.333. The first kappa shape index (κ1) is 13.5. The van der Waals surface area contributed by atoms with Crippen molar-refractivity contribution in [2.24, 2.45) is 0 Å². The zero-order valence-electron chi connectivity index (χ0n) is 11.4. The van der Waals surface area contributed by atoms with Gasteiger partial charge in [0.15, 0.2) is 11.5 Å². The Morgan fingerprint density at radius 1 is 1.21 bits per heavy atom. The molecule has 0 radical (unpaired) electrons. The van der Waals surface area contributed by atoms with Gasteiger partial charge >= 0.3 is 0 Å². The molecule has 4 nitrogen and oxygen atoms in total. The van der Waals surface area contributed by atoms with E-state index in [1.54, 1.807) is 19.3 Å². The average Bonchev–Trinajstić information content (AvgIpc) is 2.47. The van der Waals surface area contributed by atoms with Gasteiger partial charge in [-0.3, -0.25) is 4.84 Å². The van der Waals surface area contributed by atoms with Crippen LogP contribution in [0.25, 0.3) is 0 Å². The lowest BCUT2D eigenvalue weighted by Crippen LogP contribution is -2.33. The number of anilines is 1. The molecule has 1 aromatic rings. The molecule has 0 saturated carbocycles. The second-order valence-corrected chi connectivity index (χ2v) is 4.22. The second-order valence-electron chi connectivity index (χ2n) is 4.22. The first-order valence-corrected chi connectivity index (χ1v) is 6.18. The predicted molar refractivity (Wildman–Crippen MR) is 74.7 cm³/mol. The van der Waals surface area contributed by atoms with Gasteiger partial charge in [0.1, 0.15) is 13.2 Å². The molecule has 1 aliphatic rings. The van der Waals surface area contributed by atoms with E-state index < -0.39 is 0 Å². The van der Waals surface area contributed by atoms with Crippen LogP contribution in [-0.4, -0.2) is 27.4 Å². The molecule has 0 spiro atoms. The molecule has 0 unspecified atom stereocenters. The lowest BCUT2D eigenvalue weighted by molar-refractivity contribution is 0.0559. The Balaban J connectivity index is 2.11. The number of methoxy groups -OCH3 is 2. The number of hydrogen-bond donors (Lipinski definition) is 0. The first-order chi connectivity index (χ1) is 9.28. The molecule has 0 atom stereocenters. The van der Waals surface area contributed by atoms with Gasteiger partial charge in [-0.25, -0.2) is 5.06 Å². The highest BCUT2D eigenvalue weighted by molar-refractivity contribution is 5.47. The van der Waals surface area contributed by atoms with Crippen LogP contribution < -0.4 is 5.06 Å². The van der Waals surface area contributed by atoms with Crippen LogP contribution >= 0.6 is 0 Å². The van der Waals surface area contributed by atoms with Gasteiger partial charge in [0.25, 0.3) is 0 Å². The Morgan fingerprint density at radius 3 is 2.47 bits per heavy atom. The second kappa shape index (κ2) is 6.29. The Labute approximate surface area is 113 Å². The zero-order chi connectivity index (χ0) is 13.7. The molecular weight excluding hydrogens is 242 g/mol. The number of hydrogen-bond acceptors (Lipinski definition) is 4. The van der Waals surface area contributed by atoms with E-state index in [9.17, 15) is 0 Å². The van der Waals surface area contributed by atoms with Gasteiger partial charge in [-0.1, -0.05) is 18.2 Å². The SMILES string of the molecule is C=CCc1ccc(N2CC(OC)=C(OC)CO2)cc1. The predicted octanol–water partition coefficient (Wildman–Crippen LogP) is 2.67. The minimum Gasteiger partial charge on any atom is -0.495 e. The Kier molecular flexibility index (Phi) is 4.47. The lowest BCUT2D eigenvalue weighted by Gasteiger charge is -2.30. The molecule has 0 aliphatic carbocycles. The third-order valence-electron chi connectivity index (χ3n) is 3.05. The Morgan fingerprint density at radius 2 is 1.89 bits per heavy atom. The monoisotopic (exact) mass is 261 g/mol. The Hall–Kier alpha value is -1.94. The summed E-state index contributed by atoms with van der Waals surface area (Å²) in [6.07, 6.45) is 2.77. The molecule has 0 amide bonds. The van der Waals surface area contributed by atoms with Crippen LogP contribution in [0.5, 0.6) is 0 Å². The molecule has 1 heterocycles. The van der Waals surface area contributed by atoms with E-state index in [-0.39, 0.29) is 0 Å². The third kappa shape index (κ3) is 3.09. The average molecular weight is 261 g/mol. The summed E-state index contributed by atoms with van der Waals surface area (Å²) >= 11 is 0. The highest BCUT2D eigenvalue weighted by Crippen LogP contribution is 2.23. The molecule has 102 valence electrons. The van der Waals surface area contributed by atoms with Gasteiger partial charge in [0.05, 0.1) is 19.9 Å². The molecule has 0 saturated heterocycles. The van der Waals surface area contributed by atoms with Crippen LogP contribution in [0.4, 0.5) is 5.69 Å². The van der Waals surface area contributed by atoms with Gasteiger partial charge in [-0.15, -0.1) is 6.58 Å². The van der Waals surface area contributed by atoms with E-state index >= 15 is 0 Å². The van der Waals surface area contributed by atoms with Crippen molar-refractivity contribution in [1.82, 2.24) is 0 Å². The molecule has 0 N–H and O–H groups in total. The fourth-order valence-electron chi connectivity index (χ4n) is 1.96. The summed E-state index contributed by atoms with van der Waals surface area (Å²) < 4.78 is 10.6. The number of hydroxylamine groups is 1. The molecule has 2 rings (SSSR count). The van der Waals surface area contributed by atoms with Gasteiger partial charge in [-0.2, -0.15) is 0 Å². The van der Waals surface area contributed by atoms with E-state index in [2.05, 4.69) is 18.7 Å². The summed E-state index contributed by atoms with van der Waals surface area (Å²) in [7, 11) is 3.27. The largest absolute Gasteiger partial charge is 0.495 e. The summed E-state index contributed by atoms with van der Waals surface area (Å²) in [5, 5.41) is 1.80. The number of allylic oxidation sites excluding steroid dienone is 1. The van der Waals surface area contributed by atoms with E-state index in [1.165, 1.54) is 5.56 Å². The summed E-state index contributed by atoms with van der Waals surface area (Å²) in [4.78, 5) is 5.65. The van der Waals surface area contributed by atoms with E-state index in [4.69, 9.17) is 14.3 Å². The number of nitrogens with zero attached hydrogens (tertiary/aromatic N) is 1. The summed E-state index contributed by atoms with van der Waals surface area (Å²) in [5.41, 5.74) is 2.23. The lowest BCUT2D eigenvalue weighted by atomic mass is 10.1. The number of rotatable bonds is 5. The molecule has 0 aromatic heterocycles. The van der Waals surface area contributed by atoms with Crippen LogP contribution in [-0.2, 0) is 20.7 Å². The first-order valence-electron chi connectivity index (χ1n) is 6.18. The minimum absolute atomic E-state index is 0.383. The maximum absolute atomic E-state index is 5.65. The van der Waals surface area contributed by atoms with Gasteiger partial charge in [-0.05, 0) is 24.1 Å². The topological polar surface area (TPSA) is 30.9 Å². The third-order valence-corrected chi connectivity index (χ3v) is 3.05. The fourth-order valence-corrected chi connectivity index (χ4v) is 1.96. The van der Waals surface area contributed by atoms with Crippen molar-refractivity contribution >= 4 is 5.69 Å². The molecule has 1 aliphatic heterocycles. The highest BCUT2D eigenvalue weighted by atomic mass is 16.7. The van der Waals surface area contributed by atoms with Crippen LogP contribution in [0.1, 0.15) is 5.56 Å². The maximum atomic E-state index is 5.65. The van der Waals surface area contributed by atoms with E-state index in [0.717, 1.165) is 23.6 Å². The quantitative estimate of drug-likeness (QED) is 0.762. The summed E-state index contributed by atoms with van der Waals surface area (Å²) in [6, 6.07) is 8.21. The summed E-state index contributed by atoms with van der Waals surface area (Å²) in [5.74, 6) is 1.53. The van der Waals surface area contributed by atoms with Crippen LogP contribution in [0.2, 0.25) is 0 Å². The van der Waals surface area contributed by atoms with Gasteiger partial charge in [0.2, 0.25) is 0 Å². The van der Waals surface area contributed by atoms with E-state index in [1.807, 2.05) is 18.2 Å². The molecule has 4 heteroatoms. The minimum atomic E-state index is 0.383. The van der Waals surface area contributed by atoms with Crippen molar-refractivity contribution < 1.29 is 14.3 Å². The van der Waals surface area contributed by atoms with Gasteiger partial charge in [0, 0.05) is 0 Å². The standard InChI is InChI=1S/C15H19NO3/c1-4-5-12-6-8-13(9-7-12)16-10-14(17-2)15(18-3)11-19-16/h4,6-9H,1,5,10-11H2,2-3H3. The molecular formula is C15H19NO3. The van der Waals surface area contributed by atoms with Crippen molar-refractivity contribution in [1.29, 1.82) is 0 Å². The van der Waals surface area contributed by atoms with E-state index in [0.29, 0.717) is 13.2 Å². The van der Waals surface area contributed by atoms with Crippen molar-refractivity contribution in [3.8, 4) is 0 Å². The van der Waals surface area contributed by atoms with Crippen LogP contribution in [0.15, 0.2) is 48.4 Å². The van der Waals surface area contributed by atoms with Crippen molar-refractivity contribution in [2.45, 2.75) is 6.42 Å². The van der Waals surface area contributed by atoms with Crippen molar-refractivity contribution in [2.75, 3.05) is 32.4 Å². The van der Waals surface area contributed by atoms with Crippen molar-refractivity contribution in [3.05, 3.63) is 54.0 Å². The zero-order valence-corrected chi connectivity index (χ0v) is 11.4. The molecule has 1 aromatic carbocycles. The Bertz CT molecular complexity index is 465. The molecule has 0 fully saturated rings. The van der Waals surface area contributed by atoms with Crippen molar-refractivity contribution in [3.63, 3.8) is 0 Å². The molecule has 0 bridgehead atoms. The normalized spacial score (nSPS) is 15.4. The van der Waals surface area contributed by atoms with Crippen LogP contribution in [0.3, 0.4) is 0 Å². The smallest absolute Gasteiger partial charge is 0.163 e. The molecule has 19 heavy (non-hydrogen) atoms. The highest BCUT2D eigenvalue weighted by Gasteiger charge is 2.21.